The molecule has 226 valence electrons. The van der Waals surface area contributed by atoms with E-state index < -0.39 is 65.0 Å². The fourth-order valence-corrected chi connectivity index (χ4v) is 5.18. The summed E-state index contributed by atoms with van der Waals surface area (Å²) in [6.45, 7) is 2.53. The Morgan fingerprint density at radius 2 is 1.62 bits per heavy atom. The van der Waals surface area contributed by atoms with E-state index in [0.717, 1.165) is 16.7 Å². The maximum Gasteiger partial charge on any atom is 1.00 e. The van der Waals surface area contributed by atoms with Crippen LogP contribution in [0.2, 0.25) is 0 Å². The molecule has 0 saturated carbocycles. The van der Waals surface area contributed by atoms with Crippen molar-refractivity contribution in [1.82, 2.24) is 19.5 Å². The summed E-state index contributed by atoms with van der Waals surface area (Å²) in [7, 11) is -10.0. The van der Waals surface area contributed by atoms with Crippen LogP contribution in [0.3, 0.4) is 0 Å². The van der Waals surface area contributed by atoms with Crippen LogP contribution in [0.15, 0.2) is 73.2 Å². The molecule has 0 unspecified atom stereocenters. The van der Waals surface area contributed by atoms with Gasteiger partial charge in [0.05, 0.1) is 20.8 Å². The second-order valence-electron chi connectivity index (χ2n) is 8.81. The third-order valence-electron chi connectivity index (χ3n) is 5.85. The summed E-state index contributed by atoms with van der Waals surface area (Å²) < 4.78 is 70.8. The van der Waals surface area contributed by atoms with Crippen molar-refractivity contribution in [1.29, 1.82) is 0 Å². The zero-order valence-corrected chi connectivity index (χ0v) is 29.9. The minimum Gasteiger partial charge on any atom is -0.748 e. The largest absolute Gasteiger partial charge is 1.00 e. The Hall–Kier alpha value is -2.98. The van der Waals surface area contributed by atoms with Crippen molar-refractivity contribution < 1.29 is 90.2 Å². The first-order valence-electron chi connectivity index (χ1n) is 12.1. The summed E-state index contributed by atoms with van der Waals surface area (Å²) in [5, 5.41) is 23.5. The van der Waals surface area contributed by atoms with Crippen molar-refractivity contribution in [3.63, 3.8) is 0 Å². The molecular formula is C24H22N8Na2O9S2. The van der Waals surface area contributed by atoms with E-state index in [4.69, 9.17) is 0 Å². The molecule has 4 N–H and O–H groups in total. The van der Waals surface area contributed by atoms with Crippen LogP contribution in [-0.4, -0.2) is 50.6 Å². The summed E-state index contributed by atoms with van der Waals surface area (Å²) in [5.74, 6) is -2.10. The number of pyridine rings is 1. The summed E-state index contributed by atoms with van der Waals surface area (Å²) >= 11 is 0. The number of nitrogens with zero attached hydrogens (tertiary/aromatic N) is 5. The van der Waals surface area contributed by atoms with Crippen LogP contribution >= 0.6 is 0 Å². The molecule has 0 spiro atoms. The number of hydrogen-bond acceptors (Lipinski definition) is 15. The SMILES string of the molecule is CCn1c(O)c(CS(=O)(=O)[O-])c(C)c(N=Nc2cc(Nc3nc(Nc4ccccc4)nc(=O)[nH]3)ccc2S(=O)(=O)[O-])c1=O.[Na+].[Na+]. The molecule has 0 fully saturated rings. The quantitative estimate of drug-likeness (QED) is 0.0715. The van der Waals surface area contributed by atoms with Crippen LogP contribution in [0.25, 0.3) is 0 Å². The van der Waals surface area contributed by atoms with Gasteiger partial charge in [0.15, 0.2) is 11.6 Å². The Morgan fingerprint density at radius 1 is 0.956 bits per heavy atom. The average molecular weight is 677 g/mol. The maximum absolute atomic E-state index is 12.9. The van der Waals surface area contributed by atoms with Gasteiger partial charge in [-0.1, -0.05) is 18.2 Å². The fraction of sp³-hybridized carbons (Fsp3) is 0.167. The molecule has 45 heavy (non-hydrogen) atoms. The first kappa shape index (κ1) is 38.2. The van der Waals surface area contributed by atoms with Crippen molar-refractivity contribution in [2.75, 3.05) is 10.6 Å². The molecule has 0 radical (unpaired) electrons. The van der Waals surface area contributed by atoms with Gasteiger partial charge in [-0.15, -0.1) is 10.2 Å². The second-order valence-corrected chi connectivity index (χ2v) is 11.6. The van der Waals surface area contributed by atoms with Crippen molar-refractivity contribution in [3.05, 3.63) is 80.5 Å². The topological polar surface area (TPSA) is 264 Å². The van der Waals surface area contributed by atoms with E-state index in [-0.39, 0.29) is 88.8 Å². The number of benzene rings is 2. The monoisotopic (exact) mass is 676 g/mol. The molecule has 2 aromatic carbocycles. The van der Waals surface area contributed by atoms with Gasteiger partial charge < -0.3 is 24.8 Å². The molecule has 0 aliphatic heterocycles. The van der Waals surface area contributed by atoms with Gasteiger partial charge in [0.25, 0.3) is 5.56 Å². The van der Waals surface area contributed by atoms with Gasteiger partial charge in [-0.25, -0.2) is 21.6 Å². The number of nitrogens with one attached hydrogen (secondary N) is 3. The molecule has 0 saturated heterocycles. The molecule has 4 rings (SSSR count). The molecule has 0 atom stereocenters. The first-order chi connectivity index (χ1) is 20.2. The zero-order valence-electron chi connectivity index (χ0n) is 24.3. The van der Waals surface area contributed by atoms with Gasteiger partial charge in [0.2, 0.25) is 11.9 Å². The van der Waals surface area contributed by atoms with E-state index in [9.17, 15) is 40.6 Å². The number of H-pyrrole nitrogens is 1. The van der Waals surface area contributed by atoms with Crippen LogP contribution in [0.4, 0.5) is 34.6 Å². The van der Waals surface area contributed by atoms with E-state index >= 15 is 0 Å². The minimum absolute atomic E-state index is 0. The Balaban J connectivity index is 0.00000353. The number of aromatic nitrogens is 4. The number of aromatic hydroxyl groups is 1. The number of anilines is 4. The van der Waals surface area contributed by atoms with E-state index in [2.05, 4.69) is 35.8 Å². The van der Waals surface area contributed by atoms with Crippen molar-refractivity contribution in [2.45, 2.75) is 31.0 Å². The summed E-state index contributed by atoms with van der Waals surface area (Å²) in [5.41, 5.74) is -2.68. The van der Waals surface area contributed by atoms with E-state index in [0.29, 0.717) is 5.69 Å². The Bertz CT molecular complexity index is 2070. The predicted octanol–water partition coefficient (Wildman–Crippen LogP) is -3.78. The average Bonchev–Trinajstić information content (AvgIpc) is 2.90. The van der Waals surface area contributed by atoms with Crippen LogP contribution in [-0.2, 0) is 32.5 Å². The van der Waals surface area contributed by atoms with E-state index in [1.54, 1.807) is 30.3 Å². The van der Waals surface area contributed by atoms with Gasteiger partial charge in [-0.05, 0) is 49.7 Å². The molecule has 4 aromatic rings. The van der Waals surface area contributed by atoms with Gasteiger partial charge >= 0.3 is 64.8 Å². The number of hydrogen-bond donors (Lipinski definition) is 4. The Labute approximate surface area is 300 Å². The fourth-order valence-electron chi connectivity index (χ4n) is 3.89. The van der Waals surface area contributed by atoms with Crippen LogP contribution in [0.1, 0.15) is 18.1 Å². The van der Waals surface area contributed by atoms with Crippen molar-refractivity contribution >= 4 is 54.9 Å². The molecule has 0 bridgehead atoms. The number of rotatable bonds is 10. The smallest absolute Gasteiger partial charge is 0.748 e. The zero-order chi connectivity index (χ0) is 31.5. The summed E-state index contributed by atoms with van der Waals surface area (Å²) in [6.07, 6.45) is 0. The Kier molecular flexibility index (Phi) is 13.2. The normalized spacial score (nSPS) is 11.5. The van der Waals surface area contributed by atoms with Crippen molar-refractivity contribution in [3.8, 4) is 5.88 Å². The molecule has 2 heterocycles. The number of para-hydroxylation sites is 1. The molecule has 21 heteroatoms. The van der Waals surface area contributed by atoms with Gasteiger partial charge in [0, 0.05) is 23.5 Å². The molecule has 2 aromatic heterocycles. The molecule has 0 amide bonds. The standard InChI is InChI=1S/C24H24N8O9S2.2Na/c1-3-32-20(33)16(12-42(36,37)38)13(2)19(21(32)34)31-30-17-11-15(9-10-18(17)43(39,40)41)26-23-27-22(28-24(35)29-23)25-14-7-5-4-6-8-14;;/h4-11,33H,3,12H2,1-2H3,(H,36,37,38)(H,39,40,41)(H3,25,26,27,28,29,35);;/q;2*+1/p-2. The maximum atomic E-state index is 12.9. The molecule has 0 aliphatic carbocycles. The molecular weight excluding hydrogens is 654 g/mol. The van der Waals surface area contributed by atoms with Crippen LogP contribution < -0.4 is 81.0 Å². The van der Waals surface area contributed by atoms with Crippen LogP contribution in [0, 0.1) is 6.92 Å². The van der Waals surface area contributed by atoms with Crippen LogP contribution in [0.5, 0.6) is 5.88 Å². The summed E-state index contributed by atoms with van der Waals surface area (Å²) in [6, 6.07) is 11.9. The number of azo groups is 1. The predicted molar refractivity (Wildman–Crippen MR) is 150 cm³/mol. The molecule has 0 aliphatic rings. The Morgan fingerprint density at radius 3 is 2.22 bits per heavy atom. The third-order valence-corrected chi connectivity index (χ3v) is 7.37. The third kappa shape index (κ3) is 9.75. The van der Waals surface area contributed by atoms with Crippen molar-refractivity contribution in [2.24, 2.45) is 10.2 Å². The molecule has 17 nitrogen and oxygen atoms in total. The van der Waals surface area contributed by atoms with Gasteiger partial charge in [-0.2, -0.15) is 9.97 Å². The van der Waals surface area contributed by atoms with E-state index in [1.165, 1.54) is 19.9 Å². The van der Waals surface area contributed by atoms with E-state index in [1.807, 2.05) is 0 Å². The summed E-state index contributed by atoms with van der Waals surface area (Å²) in [4.78, 5) is 34.5. The number of aromatic amines is 1. The van der Waals surface area contributed by atoms with Gasteiger partial charge in [-0.3, -0.25) is 14.3 Å². The minimum atomic E-state index is -5.12. The van der Waals surface area contributed by atoms with Gasteiger partial charge in [0.1, 0.15) is 15.8 Å². The first-order valence-corrected chi connectivity index (χ1v) is 15.1. The second kappa shape index (κ2) is 15.5.